The first-order chi connectivity index (χ1) is 11.6. The maximum absolute atomic E-state index is 12.4. The van der Waals surface area contributed by atoms with E-state index in [2.05, 4.69) is 17.4 Å². The number of nitrogens with one attached hydrogen (secondary N) is 1. The van der Waals surface area contributed by atoms with Gasteiger partial charge in [-0.2, -0.15) is 0 Å². The maximum Gasteiger partial charge on any atom is 0.222 e. The fraction of sp³-hybridized carbons (Fsp3) is 0.600. The minimum absolute atomic E-state index is 0.0179. The third-order valence-electron chi connectivity index (χ3n) is 4.66. The minimum Gasteiger partial charge on any atom is -0.356 e. The van der Waals surface area contributed by atoms with Crippen LogP contribution in [0.4, 0.5) is 0 Å². The van der Waals surface area contributed by atoms with Crippen LogP contribution in [-0.4, -0.2) is 36.3 Å². The summed E-state index contributed by atoms with van der Waals surface area (Å²) < 4.78 is 0. The second kappa shape index (κ2) is 9.45. The van der Waals surface area contributed by atoms with Crippen molar-refractivity contribution in [1.29, 1.82) is 0 Å². The summed E-state index contributed by atoms with van der Waals surface area (Å²) in [5.74, 6) is 0.760. The molecule has 0 aliphatic carbocycles. The zero-order valence-electron chi connectivity index (χ0n) is 15.0. The Morgan fingerprint density at radius 3 is 2.71 bits per heavy atom. The lowest BCUT2D eigenvalue weighted by atomic mass is 9.97. The van der Waals surface area contributed by atoms with E-state index in [-0.39, 0.29) is 17.7 Å². The Bertz CT molecular complexity index is 528. The van der Waals surface area contributed by atoms with E-state index >= 15 is 0 Å². The van der Waals surface area contributed by atoms with Crippen LogP contribution in [0.2, 0.25) is 0 Å². The lowest BCUT2D eigenvalue weighted by Crippen LogP contribution is -2.44. The number of hydrogen-bond donors (Lipinski definition) is 1. The van der Waals surface area contributed by atoms with Crippen LogP contribution in [0.1, 0.15) is 45.1 Å². The first-order valence-corrected chi connectivity index (χ1v) is 9.15. The number of rotatable bonds is 7. The summed E-state index contributed by atoms with van der Waals surface area (Å²) in [6, 6.07) is 10.3. The van der Waals surface area contributed by atoms with Crippen molar-refractivity contribution in [2.24, 2.45) is 11.8 Å². The SMILES string of the molecule is CC(C)C(=O)NCC1CCCN(C(=O)CCCc2ccccc2)C1. The van der Waals surface area contributed by atoms with Crippen molar-refractivity contribution in [2.45, 2.75) is 46.0 Å². The van der Waals surface area contributed by atoms with Gasteiger partial charge in [0.05, 0.1) is 0 Å². The van der Waals surface area contributed by atoms with E-state index in [1.807, 2.05) is 36.9 Å². The number of piperidine rings is 1. The fourth-order valence-corrected chi connectivity index (χ4v) is 3.15. The van der Waals surface area contributed by atoms with Crippen LogP contribution in [0.25, 0.3) is 0 Å². The summed E-state index contributed by atoms with van der Waals surface area (Å²) in [5, 5.41) is 3.00. The summed E-state index contributed by atoms with van der Waals surface area (Å²) in [5.41, 5.74) is 1.29. The van der Waals surface area contributed by atoms with Gasteiger partial charge < -0.3 is 10.2 Å². The number of benzene rings is 1. The Kier molecular flexibility index (Phi) is 7.29. The van der Waals surface area contributed by atoms with Crippen LogP contribution in [0, 0.1) is 11.8 Å². The zero-order chi connectivity index (χ0) is 17.4. The molecular weight excluding hydrogens is 300 g/mol. The van der Waals surface area contributed by atoms with E-state index in [0.717, 1.165) is 38.8 Å². The van der Waals surface area contributed by atoms with Crippen molar-refractivity contribution in [1.82, 2.24) is 10.2 Å². The van der Waals surface area contributed by atoms with Crippen molar-refractivity contribution in [3.8, 4) is 0 Å². The highest BCUT2D eigenvalue weighted by Crippen LogP contribution is 2.17. The summed E-state index contributed by atoms with van der Waals surface area (Å²) in [7, 11) is 0. The van der Waals surface area contributed by atoms with Gasteiger partial charge in [0.15, 0.2) is 0 Å². The van der Waals surface area contributed by atoms with Gasteiger partial charge in [-0.1, -0.05) is 44.2 Å². The molecule has 132 valence electrons. The topological polar surface area (TPSA) is 49.4 Å². The van der Waals surface area contributed by atoms with Gasteiger partial charge >= 0.3 is 0 Å². The van der Waals surface area contributed by atoms with E-state index in [0.29, 0.717) is 18.9 Å². The zero-order valence-corrected chi connectivity index (χ0v) is 15.0. The van der Waals surface area contributed by atoms with Crippen LogP contribution >= 0.6 is 0 Å². The van der Waals surface area contributed by atoms with Gasteiger partial charge in [-0.15, -0.1) is 0 Å². The molecule has 4 nitrogen and oxygen atoms in total. The third-order valence-corrected chi connectivity index (χ3v) is 4.66. The van der Waals surface area contributed by atoms with Crippen LogP contribution in [0.15, 0.2) is 30.3 Å². The summed E-state index contributed by atoms with van der Waals surface area (Å²) >= 11 is 0. The molecule has 2 rings (SSSR count). The van der Waals surface area contributed by atoms with Gasteiger partial charge in [0, 0.05) is 32.0 Å². The normalized spacial score (nSPS) is 17.8. The molecule has 1 saturated heterocycles. The molecule has 1 unspecified atom stereocenters. The van der Waals surface area contributed by atoms with Crippen molar-refractivity contribution < 1.29 is 9.59 Å². The third kappa shape index (κ3) is 5.99. The minimum atomic E-state index is 0.0179. The van der Waals surface area contributed by atoms with E-state index in [9.17, 15) is 9.59 Å². The molecule has 1 aliphatic rings. The standard InChI is InChI=1S/C20H30N2O2/c1-16(2)20(24)21-14-18-11-7-13-22(15-18)19(23)12-6-10-17-8-4-3-5-9-17/h3-5,8-9,16,18H,6-7,10-15H2,1-2H3,(H,21,24). The molecule has 0 radical (unpaired) electrons. The van der Waals surface area contributed by atoms with E-state index in [1.54, 1.807) is 0 Å². The molecule has 4 heteroatoms. The molecule has 1 fully saturated rings. The molecule has 1 heterocycles. The average molecular weight is 330 g/mol. The molecule has 0 spiro atoms. The number of nitrogens with zero attached hydrogens (tertiary/aromatic N) is 1. The molecule has 0 bridgehead atoms. The van der Waals surface area contributed by atoms with Crippen LogP contribution in [0.5, 0.6) is 0 Å². The van der Waals surface area contributed by atoms with Crippen LogP contribution < -0.4 is 5.32 Å². The Balaban J connectivity index is 1.70. The second-order valence-electron chi connectivity index (χ2n) is 7.09. The molecule has 1 aromatic carbocycles. The first kappa shape index (κ1) is 18.5. The van der Waals surface area contributed by atoms with E-state index < -0.39 is 0 Å². The first-order valence-electron chi connectivity index (χ1n) is 9.15. The molecule has 0 aromatic heterocycles. The van der Waals surface area contributed by atoms with Gasteiger partial charge in [0.2, 0.25) is 11.8 Å². The average Bonchev–Trinajstić information content (AvgIpc) is 2.60. The summed E-state index contributed by atoms with van der Waals surface area (Å²) in [4.78, 5) is 26.1. The van der Waals surface area contributed by atoms with E-state index in [1.165, 1.54) is 5.56 Å². The molecule has 1 atom stereocenters. The molecular formula is C20H30N2O2. The second-order valence-corrected chi connectivity index (χ2v) is 7.09. The Morgan fingerprint density at radius 1 is 1.25 bits per heavy atom. The van der Waals surface area contributed by atoms with Crippen molar-refractivity contribution >= 4 is 11.8 Å². The molecule has 1 N–H and O–H groups in total. The van der Waals surface area contributed by atoms with Gasteiger partial charge in [-0.3, -0.25) is 9.59 Å². The molecule has 1 aromatic rings. The highest BCUT2D eigenvalue weighted by molar-refractivity contribution is 5.78. The number of likely N-dealkylation sites (tertiary alicyclic amines) is 1. The maximum atomic E-state index is 12.4. The quantitative estimate of drug-likeness (QED) is 0.835. The van der Waals surface area contributed by atoms with Crippen LogP contribution in [0.3, 0.4) is 0 Å². The van der Waals surface area contributed by atoms with Crippen molar-refractivity contribution in [2.75, 3.05) is 19.6 Å². The Hall–Kier alpha value is -1.84. The van der Waals surface area contributed by atoms with Gasteiger partial charge in [-0.05, 0) is 37.2 Å². The highest BCUT2D eigenvalue weighted by atomic mass is 16.2. The Morgan fingerprint density at radius 2 is 2.00 bits per heavy atom. The van der Waals surface area contributed by atoms with Gasteiger partial charge in [-0.25, -0.2) is 0 Å². The number of carbonyl (C=O) groups is 2. The monoisotopic (exact) mass is 330 g/mol. The largest absolute Gasteiger partial charge is 0.356 e. The van der Waals surface area contributed by atoms with Crippen molar-refractivity contribution in [3.63, 3.8) is 0 Å². The molecule has 2 amide bonds. The summed E-state index contributed by atoms with van der Waals surface area (Å²) in [6.07, 6.45) is 4.58. The lowest BCUT2D eigenvalue weighted by molar-refractivity contribution is -0.133. The summed E-state index contributed by atoms with van der Waals surface area (Å²) in [6.45, 7) is 6.13. The predicted octanol–water partition coefficient (Wildman–Crippen LogP) is 3.02. The Labute approximate surface area is 145 Å². The van der Waals surface area contributed by atoms with E-state index in [4.69, 9.17) is 0 Å². The smallest absolute Gasteiger partial charge is 0.222 e. The number of aryl methyl sites for hydroxylation is 1. The molecule has 1 aliphatic heterocycles. The molecule has 24 heavy (non-hydrogen) atoms. The lowest BCUT2D eigenvalue weighted by Gasteiger charge is -2.33. The van der Waals surface area contributed by atoms with Crippen molar-refractivity contribution in [3.05, 3.63) is 35.9 Å². The van der Waals surface area contributed by atoms with Crippen LogP contribution in [-0.2, 0) is 16.0 Å². The number of carbonyl (C=O) groups excluding carboxylic acids is 2. The number of amides is 2. The predicted molar refractivity (Wildman–Crippen MR) is 96.5 cm³/mol. The number of hydrogen-bond acceptors (Lipinski definition) is 2. The van der Waals surface area contributed by atoms with Gasteiger partial charge in [0.25, 0.3) is 0 Å². The van der Waals surface area contributed by atoms with Gasteiger partial charge in [0.1, 0.15) is 0 Å². The highest BCUT2D eigenvalue weighted by Gasteiger charge is 2.23. The molecule has 0 saturated carbocycles. The fourth-order valence-electron chi connectivity index (χ4n) is 3.15.